The van der Waals surface area contributed by atoms with E-state index in [0.717, 1.165) is 31.6 Å². The van der Waals surface area contributed by atoms with Crippen LogP contribution in [0.15, 0.2) is 0 Å². The number of fused-ring (bicyclic) bond motifs is 4. The molecule has 0 aromatic heterocycles. The lowest BCUT2D eigenvalue weighted by Crippen LogP contribution is -2.56. The minimum atomic E-state index is -0.698. The van der Waals surface area contributed by atoms with Crippen LogP contribution in [0.5, 0.6) is 0 Å². The lowest BCUT2D eigenvalue weighted by atomic mass is 9.46. The number of morpholine rings is 1. The molecule has 7 unspecified atom stereocenters. The van der Waals surface area contributed by atoms with Crippen LogP contribution in [0.3, 0.4) is 0 Å². The van der Waals surface area contributed by atoms with Crippen molar-refractivity contribution < 1.29 is 34.7 Å². The maximum Gasteiger partial charge on any atom is 0.410 e. The molecule has 2 aliphatic heterocycles. The molecule has 7 fully saturated rings. The van der Waals surface area contributed by atoms with Gasteiger partial charge in [0.15, 0.2) is 6.29 Å². The van der Waals surface area contributed by atoms with Crippen molar-refractivity contribution in [1.82, 2.24) is 4.90 Å². The second-order valence-corrected chi connectivity index (χ2v) is 18.8. The van der Waals surface area contributed by atoms with Crippen molar-refractivity contribution in [2.75, 3.05) is 19.7 Å². The second kappa shape index (κ2) is 11.5. The number of amides is 2. The van der Waals surface area contributed by atoms with E-state index in [1.165, 1.54) is 38.5 Å². The third-order valence-electron chi connectivity index (χ3n) is 14.8. The maximum absolute atomic E-state index is 12.8. The Morgan fingerprint density at radius 3 is 2.40 bits per heavy atom. The predicted molar refractivity (Wildman–Crippen MR) is 179 cm³/mol. The van der Waals surface area contributed by atoms with E-state index in [9.17, 15) is 9.59 Å². The van der Waals surface area contributed by atoms with E-state index in [-0.39, 0.29) is 43.3 Å². The van der Waals surface area contributed by atoms with E-state index in [1.54, 1.807) is 4.90 Å². The molecule has 2 heterocycles. The monoisotopic (exact) mass is 660 g/mol. The molecule has 268 valence electrons. The minimum absolute atomic E-state index is 0. The minimum Gasteiger partial charge on any atom is -0.444 e. The molecule has 2 saturated heterocycles. The van der Waals surface area contributed by atoms with Gasteiger partial charge in [0, 0.05) is 7.97 Å². The number of hydrogen-bond donors (Lipinski definition) is 1. The van der Waals surface area contributed by atoms with Crippen LogP contribution in [-0.2, 0) is 23.7 Å². The Morgan fingerprint density at radius 1 is 0.957 bits per heavy atom. The molecule has 0 aromatic carbocycles. The van der Waals surface area contributed by atoms with E-state index in [0.29, 0.717) is 53.7 Å². The molecule has 5 saturated carbocycles. The summed E-state index contributed by atoms with van der Waals surface area (Å²) >= 11 is 0. The van der Waals surface area contributed by atoms with Gasteiger partial charge in [-0.05, 0) is 136 Å². The number of carbonyl (C=O) groups is 2. The average molecular weight is 661 g/mol. The SMILES string of the molecule is CC(C)[C@@H](OC(N)=O)C1CCC2C(CC3C4CCC5C(C)(C)[C@@H](OC6CN(C(=O)OC(C)(C)C)CCO6)CC[C@@]56C[C@@]46CC[C@]23C)O1.[HH]. The molecule has 7 rings (SSSR count). The summed E-state index contributed by atoms with van der Waals surface area (Å²) in [5.74, 6) is 2.87. The lowest BCUT2D eigenvalue weighted by Gasteiger charge is -2.60. The topological polar surface area (TPSA) is 110 Å². The first kappa shape index (κ1) is 33.9. The number of nitrogens with two attached hydrogens (primary N) is 1. The Labute approximate surface area is 284 Å². The van der Waals surface area contributed by atoms with Crippen LogP contribution >= 0.6 is 0 Å². The van der Waals surface area contributed by atoms with Gasteiger partial charge in [-0.2, -0.15) is 0 Å². The van der Waals surface area contributed by atoms with Gasteiger partial charge < -0.3 is 34.3 Å². The Hall–Kier alpha value is -1.58. The van der Waals surface area contributed by atoms with E-state index in [1.807, 2.05) is 20.8 Å². The molecule has 0 aromatic rings. The van der Waals surface area contributed by atoms with Crippen LogP contribution in [0.2, 0.25) is 0 Å². The molecule has 9 heteroatoms. The van der Waals surface area contributed by atoms with Crippen LogP contribution < -0.4 is 5.73 Å². The molecule has 5 aliphatic carbocycles. The van der Waals surface area contributed by atoms with Gasteiger partial charge in [0.2, 0.25) is 0 Å². The summed E-state index contributed by atoms with van der Waals surface area (Å²) in [5, 5.41) is 0. The van der Waals surface area contributed by atoms with Gasteiger partial charge in [-0.1, -0.05) is 34.6 Å². The number of carbonyl (C=O) groups excluding carboxylic acids is 2. The third kappa shape index (κ3) is 5.42. The molecule has 0 bridgehead atoms. The summed E-state index contributed by atoms with van der Waals surface area (Å²) in [6, 6.07) is 0. The van der Waals surface area contributed by atoms with Gasteiger partial charge >= 0.3 is 12.2 Å². The van der Waals surface area contributed by atoms with Crippen LogP contribution in [0.4, 0.5) is 9.59 Å². The van der Waals surface area contributed by atoms with Crippen LogP contribution in [0, 0.1) is 51.2 Å². The van der Waals surface area contributed by atoms with Crippen molar-refractivity contribution in [3.8, 4) is 0 Å². The average Bonchev–Trinajstić information content (AvgIpc) is 3.56. The summed E-state index contributed by atoms with van der Waals surface area (Å²) in [6.45, 7) is 18.8. The van der Waals surface area contributed by atoms with Crippen molar-refractivity contribution in [1.29, 1.82) is 0 Å². The number of rotatable bonds is 5. The quantitative estimate of drug-likeness (QED) is 0.325. The number of hydrogen-bond acceptors (Lipinski definition) is 7. The third-order valence-corrected chi connectivity index (χ3v) is 14.8. The first-order chi connectivity index (χ1) is 22.0. The Morgan fingerprint density at radius 2 is 1.70 bits per heavy atom. The summed E-state index contributed by atoms with van der Waals surface area (Å²) < 4.78 is 31.0. The molecule has 12 atom stereocenters. The molecule has 7 aliphatic rings. The summed E-state index contributed by atoms with van der Waals surface area (Å²) in [6.07, 6.45) is 10.8. The van der Waals surface area contributed by atoms with E-state index in [4.69, 9.17) is 29.4 Å². The standard InChI is InChI=1S/C38H62N2O7.H2/c1-22(2)31(46-32(39)41)26-11-9-24-27(44-26)19-25-23-10-12-28-35(6,7)29(13-14-38(28)21-37(23,38)16-15-36(24,25)8)45-30-20-40(17-18-43-30)33(42)47-34(3,4)5;/h22-31H,9-21H2,1-8H3,(H2,39,41);1H/t23?,24?,25?,26?,27?,28?,29-,30?,31+,36+,37-,38+;/m0./s1. The number of ether oxygens (including phenoxy) is 5. The van der Waals surface area contributed by atoms with Gasteiger partial charge in [-0.15, -0.1) is 0 Å². The van der Waals surface area contributed by atoms with Gasteiger partial charge in [-0.3, -0.25) is 0 Å². The van der Waals surface area contributed by atoms with Gasteiger partial charge in [0.05, 0.1) is 31.5 Å². The van der Waals surface area contributed by atoms with Gasteiger partial charge in [0.1, 0.15) is 11.7 Å². The van der Waals surface area contributed by atoms with Gasteiger partial charge in [0.25, 0.3) is 0 Å². The Kier molecular flexibility index (Phi) is 8.28. The Bertz CT molecular complexity index is 1240. The fraction of sp³-hybridized carbons (Fsp3) is 0.947. The molecule has 2 N–H and O–H groups in total. The molecule has 47 heavy (non-hydrogen) atoms. The molecular weight excluding hydrogens is 596 g/mol. The highest BCUT2D eigenvalue weighted by atomic mass is 16.7. The molecule has 0 radical (unpaired) electrons. The smallest absolute Gasteiger partial charge is 0.410 e. The number of nitrogens with zero attached hydrogens (tertiary/aromatic N) is 1. The molecule has 2 spiro atoms. The maximum atomic E-state index is 12.8. The highest BCUT2D eigenvalue weighted by Crippen LogP contribution is 2.87. The Balaban J connectivity index is 0.00000401. The summed E-state index contributed by atoms with van der Waals surface area (Å²) in [4.78, 5) is 26.3. The summed E-state index contributed by atoms with van der Waals surface area (Å²) in [5.41, 5.74) is 6.19. The highest BCUT2D eigenvalue weighted by molar-refractivity contribution is 5.68. The van der Waals surface area contributed by atoms with Crippen molar-refractivity contribution in [2.45, 2.75) is 156 Å². The first-order valence-electron chi connectivity index (χ1n) is 18.9. The van der Waals surface area contributed by atoms with Crippen molar-refractivity contribution in [3.05, 3.63) is 0 Å². The fourth-order valence-corrected chi connectivity index (χ4v) is 12.9. The van der Waals surface area contributed by atoms with Crippen molar-refractivity contribution >= 4 is 12.2 Å². The second-order valence-electron chi connectivity index (χ2n) is 18.8. The highest BCUT2D eigenvalue weighted by Gasteiger charge is 2.80. The van der Waals surface area contributed by atoms with Gasteiger partial charge in [-0.25, -0.2) is 9.59 Å². The zero-order valence-electron chi connectivity index (χ0n) is 30.3. The molecule has 2 amide bonds. The zero-order valence-corrected chi connectivity index (χ0v) is 30.3. The molecular formula is C38H64N2O7. The first-order valence-corrected chi connectivity index (χ1v) is 18.9. The van der Waals surface area contributed by atoms with Crippen molar-refractivity contribution in [2.24, 2.45) is 57.0 Å². The van der Waals surface area contributed by atoms with Crippen LogP contribution in [-0.4, -0.2) is 73.1 Å². The van der Waals surface area contributed by atoms with Crippen LogP contribution in [0.1, 0.15) is 121 Å². The van der Waals surface area contributed by atoms with E-state index >= 15 is 0 Å². The normalized spacial score (nSPS) is 45.9. The largest absolute Gasteiger partial charge is 0.444 e. The van der Waals surface area contributed by atoms with E-state index < -0.39 is 18.0 Å². The van der Waals surface area contributed by atoms with Crippen LogP contribution in [0.25, 0.3) is 0 Å². The fourth-order valence-electron chi connectivity index (χ4n) is 12.9. The predicted octanol–water partition coefficient (Wildman–Crippen LogP) is 7.54. The van der Waals surface area contributed by atoms with E-state index in [2.05, 4.69) is 34.6 Å². The molecule has 9 nitrogen and oxygen atoms in total. The van der Waals surface area contributed by atoms with Crippen molar-refractivity contribution in [3.63, 3.8) is 0 Å². The zero-order chi connectivity index (χ0) is 33.7. The lowest BCUT2D eigenvalue weighted by molar-refractivity contribution is -0.243. The summed E-state index contributed by atoms with van der Waals surface area (Å²) in [7, 11) is 0. The number of primary amides is 1.